The molecule has 0 aromatic rings. The highest BCUT2D eigenvalue weighted by Gasteiger charge is 2.58. The third-order valence-corrected chi connectivity index (χ3v) is 2.14. The van der Waals surface area contributed by atoms with Crippen LogP contribution in [0, 0.1) is 11.3 Å². The Morgan fingerprint density at radius 3 is 2.40 bits per heavy atom. The van der Waals surface area contributed by atoms with E-state index in [0.29, 0.717) is 12.7 Å². The van der Waals surface area contributed by atoms with E-state index in [4.69, 9.17) is 0 Å². The van der Waals surface area contributed by atoms with Crippen molar-refractivity contribution in [2.24, 2.45) is 11.3 Å². The number of esters is 1. The summed E-state index contributed by atoms with van der Waals surface area (Å²) in [6.07, 6.45) is 1.34. The molecule has 1 saturated carbocycles. The number of ether oxygens (including phenoxy) is 1. The van der Waals surface area contributed by atoms with Gasteiger partial charge in [-0.1, -0.05) is 6.92 Å². The Hall–Kier alpha value is -0.860. The first-order valence-corrected chi connectivity index (χ1v) is 3.22. The van der Waals surface area contributed by atoms with E-state index >= 15 is 0 Å². The Morgan fingerprint density at radius 1 is 1.80 bits per heavy atom. The van der Waals surface area contributed by atoms with Crippen LogP contribution in [0.15, 0.2) is 0 Å². The SMILES string of the molecule is COC(=O)C1(C=O)CC1C. The lowest BCUT2D eigenvalue weighted by atomic mass is 10.1. The van der Waals surface area contributed by atoms with E-state index in [0.717, 1.165) is 0 Å². The van der Waals surface area contributed by atoms with Crippen molar-refractivity contribution in [2.75, 3.05) is 7.11 Å². The molecule has 1 aliphatic carbocycles. The largest absolute Gasteiger partial charge is 0.468 e. The molecule has 3 nitrogen and oxygen atoms in total. The molecule has 0 bridgehead atoms. The van der Waals surface area contributed by atoms with Crippen LogP contribution in [0.1, 0.15) is 13.3 Å². The van der Waals surface area contributed by atoms with Gasteiger partial charge in [-0.3, -0.25) is 4.79 Å². The van der Waals surface area contributed by atoms with Crippen molar-refractivity contribution in [2.45, 2.75) is 13.3 Å². The second kappa shape index (κ2) is 2.08. The fourth-order valence-electron chi connectivity index (χ4n) is 1.13. The van der Waals surface area contributed by atoms with Crippen molar-refractivity contribution < 1.29 is 14.3 Å². The highest BCUT2D eigenvalue weighted by molar-refractivity contribution is 5.97. The van der Waals surface area contributed by atoms with Gasteiger partial charge in [-0.05, 0) is 12.3 Å². The Labute approximate surface area is 59.4 Å². The molecule has 0 amide bonds. The van der Waals surface area contributed by atoms with E-state index in [1.165, 1.54) is 7.11 Å². The zero-order chi connectivity index (χ0) is 7.78. The lowest BCUT2D eigenvalue weighted by Gasteiger charge is -2.03. The second-order valence-corrected chi connectivity index (χ2v) is 2.75. The molecule has 10 heavy (non-hydrogen) atoms. The van der Waals surface area contributed by atoms with E-state index in [1.807, 2.05) is 6.92 Å². The molecule has 2 atom stereocenters. The topological polar surface area (TPSA) is 43.4 Å². The molecule has 0 heterocycles. The standard InChI is InChI=1S/C7H10O3/c1-5-3-7(5,4-8)6(9)10-2/h4-5H,3H2,1-2H3. The first-order chi connectivity index (χ1) is 4.67. The molecule has 1 fully saturated rings. The molecule has 0 radical (unpaired) electrons. The van der Waals surface area contributed by atoms with Crippen molar-refractivity contribution in [3.8, 4) is 0 Å². The maximum atomic E-state index is 10.9. The van der Waals surface area contributed by atoms with Gasteiger partial charge in [0, 0.05) is 0 Å². The van der Waals surface area contributed by atoms with Crippen LogP contribution >= 0.6 is 0 Å². The molecular weight excluding hydrogens is 132 g/mol. The van der Waals surface area contributed by atoms with Crippen molar-refractivity contribution in [1.29, 1.82) is 0 Å². The van der Waals surface area contributed by atoms with Gasteiger partial charge in [0.2, 0.25) is 0 Å². The summed E-state index contributed by atoms with van der Waals surface area (Å²) in [4.78, 5) is 21.3. The summed E-state index contributed by atoms with van der Waals surface area (Å²) in [5.74, 6) is -0.229. The average Bonchev–Trinajstić information content (AvgIpc) is 2.61. The maximum Gasteiger partial charge on any atom is 0.319 e. The van der Waals surface area contributed by atoms with Crippen molar-refractivity contribution in [3.05, 3.63) is 0 Å². The monoisotopic (exact) mass is 142 g/mol. The summed E-state index contributed by atoms with van der Waals surface area (Å²) in [5, 5.41) is 0. The number of methoxy groups -OCH3 is 1. The van der Waals surface area contributed by atoms with Gasteiger partial charge >= 0.3 is 5.97 Å². The van der Waals surface area contributed by atoms with Crippen molar-refractivity contribution >= 4 is 12.3 Å². The zero-order valence-electron chi connectivity index (χ0n) is 6.09. The Balaban J connectivity index is 2.68. The molecule has 1 rings (SSSR count). The number of carbonyl (C=O) groups excluding carboxylic acids is 2. The van der Waals surface area contributed by atoms with Gasteiger partial charge in [-0.15, -0.1) is 0 Å². The summed E-state index contributed by atoms with van der Waals surface area (Å²) in [6, 6.07) is 0. The summed E-state index contributed by atoms with van der Waals surface area (Å²) in [5.41, 5.74) is -0.783. The summed E-state index contributed by atoms with van der Waals surface area (Å²) >= 11 is 0. The number of hydrogen-bond donors (Lipinski definition) is 0. The van der Waals surface area contributed by atoms with Gasteiger partial charge in [0.25, 0.3) is 0 Å². The second-order valence-electron chi connectivity index (χ2n) is 2.75. The Bertz CT molecular complexity index is 176. The van der Waals surface area contributed by atoms with E-state index in [-0.39, 0.29) is 5.92 Å². The molecule has 0 aromatic heterocycles. The molecular formula is C7H10O3. The number of rotatable bonds is 2. The predicted octanol–water partition coefficient (Wildman–Crippen LogP) is 0.384. The van der Waals surface area contributed by atoms with Crippen molar-refractivity contribution in [1.82, 2.24) is 0 Å². The van der Waals surface area contributed by atoms with E-state index in [1.54, 1.807) is 0 Å². The maximum absolute atomic E-state index is 10.9. The summed E-state index contributed by atoms with van der Waals surface area (Å²) < 4.78 is 4.47. The predicted molar refractivity (Wildman–Crippen MR) is 34.3 cm³/mol. The van der Waals surface area contributed by atoms with Crippen LogP contribution in [0.5, 0.6) is 0 Å². The van der Waals surface area contributed by atoms with Crippen LogP contribution in [-0.4, -0.2) is 19.4 Å². The molecule has 0 aliphatic heterocycles. The molecule has 0 N–H and O–H groups in total. The van der Waals surface area contributed by atoms with Crippen LogP contribution in [0.2, 0.25) is 0 Å². The van der Waals surface area contributed by atoms with Gasteiger partial charge < -0.3 is 9.53 Å². The molecule has 0 spiro atoms. The lowest BCUT2D eigenvalue weighted by molar-refractivity contribution is -0.149. The zero-order valence-corrected chi connectivity index (χ0v) is 6.09. The average molecular weight is 142 g/mol. The highest BCUT2D eigenvalue weighted by Crippen LogP contribution is 2.51. The van der Waals surface area contributed by atoms with Crippen LogP contribution < -0.4 is 0 Å². The number of aldehydes is 1. The normalized spacial score (nSPS) is 36.8. The van der Waals surface area contributed by atoms with E-state index < -0.39 is 11.4 Å². The van der Waals surface area contributed by atoms with Crippen molar-refractivity contribution in [3.63, 3.8) is 0 Å². The molecule has 2 unspecified atom stereocenters. The molecule has 1 aliphatic rings. The van der Waals surface area contributed by atoms with Crippen LogP contribution in [0.3, 0.4) is 0 Å². The quantitative estimate of drug-likeness (QED) is 0.318. The first kappa shape index (κ1) is 7.25. The van der Waals surface area contributed by atoms with E-state index in [2.05, 4.69) is 4.74 Å². The fourth-order valence-corrected chi connectivity index (χ4v) is 1.13. The third kappa shape index (κ3) is 0.735. The van der Waals surface area contributed by atoms with Gasteiger partial charge in [0.05, 0.1) is 7.11 Å². The molecule has 3 heteroatoms. The van der Waals surface area contributed by atoms with Crippen LogP contribution in [0.4, 0.5) is 0 Å². The third-order valence-electron chi connectivity index (χ3n) is 2.14. The molecule has 0 saturated heterocycles. The first-order valence-electron chi connectivity index (χ1n) is 3.22. The minimum atomic E-state index is -0.783. The summed E-state index contributed by atoms with van der Waals surface area (Å²) in [7, 11) is 1.30. The van der Waals surface area contributed by atoms with Crippen LogP contribution in [-0.2, 0) is 14.3 Å². The van der Waals surface area contributed by atoms with Gasteiger partial charge in [-0.2, -0.15) is 0 Å². The Morgan fingerprint density at radius 2 is 2.30 bits per heavy atom. The van der Waals surface area contributed by atoms with Gasteiger partial charge in [0.1, 0.15) is 11.7 Å². The van der Waals surface area contributed by atoms with Crippen LogP contribution in [0.25, 0.3) is 0 Å². The highest BCUT2D eigenvalue weighted by atomic mass is 16.5. The fraction of sp³-hybridized carbons (Fsp3) is 0.714. The minimum absolute atomic E-state index is 0.164. The molecule has 56 valence electrons. The minimum Gasteiger partial charge on any atom is -0.468 e. The lowest BCUT2D eigenvalue weighted by Crippen LogP contribution is -2.20. The number of hydrogen-bond acceptors (Lipinski definition) is 3. The Kier molecular flexibility index (Phi) is 1.50. The number of carbonyl (C=O) groups is 2. The van der Waals surface area contributed by atoms with Gasteiger partial charge in [-0.25, -0.2) is 0 Å². The van der Waals surface area contributed by atoms with Gasteiger partial charge in [0.15, 0.2) is 0 Å². The summed E-state index contributed by atoms with van der Waals surface area (Å²) in [6.45, 7) is 1.87. The smallest absolute Gasteiger partial charge is 0.319 e. The van der Waals surface area contributed by atoms with E-state index in [9.17, 15) is 9.59 Å². The molecule has 0 aromatic carbocycles.